The van der Waals surface area contributed by atoms with Gasteiger partial charge < -0.3 is 19.9 Å². The summed E-state index contributed by atoms with van der Waals surface area (Å²) in [7, 11) is 0. The Hall–Kier alpha value is -4.05. The molecule has 0 saturated carbocycles. The molecule has 1 fully saturated rings. The van der Waals surface area contributed by atoms with Crippen LogP contribution in [0.15, 0.2) is 73.1 Å². The number of nitrogens with zero attached hydrogens (tertiary/aromatic N) is 4. The minimum absolute atomic E-state index is 0.118. The lowest BCUT2D eigenvalue weighted by Gasteiger charge is -2.36. The molecule has 1 aliphatic heterocycles. The molecular formula is C23H21N5O2. The number of urea groups is 1. The predicted molar refractivity (Wildman–Crippen MR) is 115 cm³/mol. The molecule has 0 radical (unpaired) electrons. The maximum atomic E-state index is 12.6. The Morgan fingerprint density at radius 3 is 2.37 bits per heavy atom. The van der Waals surface area contributed by atoms with E-state index in [1.807, 2.05) is 23.1 Å². The minimum Gasteiger partial charge on any atom is -0.456 e. The number of nitriles is 1. The van der Waals surface area contributed by atoms with Crippen LogP contribution in [0.1, 0.15) is 5.56 Å². The molecule has 2 amide bonds. The van der Waals surface area contributed by atoms with Crippen molar-refractivity contribution in [3.05, 3.63) is 78.6 Å². The number of carbonyl (C=O) groups is 1. The molecular weight excluding hydrogens is 378 g/mol. The van der Waals surface area contributed by atoms with Crippen LogP contribution in [0.5, 0.6) is 11.5 Å². The number of piperazine rings is 1. The number of nitrogens with one attached hydrogen (secondary N) is 1. The predicted octanol–water partition coefficient (Wildman–Crippen LogP) is 4.10. The van der Waals surface area contributed by atoms with Crippen molar-refractivity contribution < 1.29 is 9.53 Å². The van der Waals surface area contributed by atoms with Crippen LogP contribution in [0.4, 0.5) is 16.2 Å². The van der Waals surface area contributed by atoms with Crippen LogP contribution >= 0.6 is 0 Å². The van der Waals surface area contributed by atoms with E-state index in [1.54, 1.807) is 54.9 Å². The van der Waals surface area contributed by atoms with E-state index in [1.165, 1.54) is 0 Å². The zero-order chi connectivity index (χ0) is 20.8. The first-order valence-electron chi connectivity index (χ1n) is 9.71. The quantitative estimate of drug-likeness (QED) is 0.714. The molecule has 7 heteroatoms. The SMILES string of the molecule is N#Cc1ccccc1Oc1ccc(NC(=O)N2CCN(c3ccncc3)CC2)cc1. The van der Waals surface area contributed by atoms with Crippen LogP contribution in [0, 0.1) is 11.3 Å². The summed E-state index contributed by atoms with van der Waals surface area (Å²) >= 11 is 0. The third kappa shape index (κ3) is 4.50. The van der Waals surface area contributed by atoms with Crippen molar-refractivity contribution in [2.75, 3.05) is 36.4 Å². The van der Waals surface area contributed by atoms with Gasteiger partial charge >= 0.3 is 6.03 Å². The molecule has 4 rings (SSSR count). The van der Waals surface area contributed by atoms with Gasteiger partial charge in [-0.1, -0.05) is 12.1 Å². The molecule has 3 aromatic rings. The largest absolute Gasteiger partial charge is 0.456 e. The first-order valence-corrected chi connectivity index (χ1v) is 9.71. The normalized spacial score (nSPS) is 13.4. The highest BCUT2D eigenvalue weighted by atomic mass is 16.5. The van der Waals surface area contributed by atoms with E-state index in [2.05, 4.69) is 21.3 Å². The molecule has 0 atom stereocenters. The summed E-state index contributed by atoms with van der Waals surface area (Å²) in [5.41, 5.74) is 2.29. The van der Waals surface area contributed by atoms with Gasteiger partial charge in [-0.2, -0.15) is 5.26 Å². The summed E-state index contributed by atoms with van der Waals surface area (Å²) in [5, 5.41) is 12.1. The smallest absolute Gasteiger partial charge is 0.321 e. The van der Waals surface area contributed by atoms with Gasteiger partial charge in [0.05, 0.1) is 5.56 Å². The van der Waals surface area contributed by atoms with Crippen molar-refractivity contribution in [1.29, 1.82) is 5.26 Å². The molecule has 2 heterocycles. The Morgan fingerprint density at radius 2 is 1.67 bits per heavy atom. The molecule has 150 valence electrons. The topological polar surface area (TPSA) is 81.5 Å². The van der Waals surface area contributed by atoms with Gasteiger partial charge in [-0.25, -0.2) is 4.79 Å². The zero-order valence-corrected chi connectivity index (χ0v) is 16.4. The number of para-hydroxylation sites is 1. The number of aromatic nitrogens is 1. The van der Waals surface area contributed by atoms with Crippen molar-refractivity contribution in [2.24, 2.45) is 0 Å². The lowest BCUT2D eigenvalue weighted by molar-refractivity contribution is 0.208. The second-order valence-corrected chi connectivity index (χ2v) is 6.84. The lowest BCUT2D eigenvalue weighted by atomic mass is 10.2. The van der Waals surface area contributed by atoms with Gasteiger partial charge in [-0.05, 0) is 48.5 Å². The van der Waals surface area contributed by atoms with Gasteiger partial charge in [-0.3, -0.25) is 4.98 Å². The molecule has 7 nitrogen and oxygen atoms in total. The fourth-order valence-corrected chi connectivity index (χ4v) is 3.31. The molecule has 0 spiro atoms. The standard InChI is InChI=1S/C23H21N5O2/c24-17-18-3-1-2-4-22(18)30-21-7-5-19(6-8-21)26-23(29)28-15-13-27(14-16-28)20-9-11-25-12-10-20/h1-12H,13-16H2,(H,26,29). The van der Waals surface area contributed by atoms with Crippen molar-refractivity contribution in [3.8, 4) is 17.6 Å². The average molecular weight is 399 g/mol. The maximum Gasteiger partial charge on any atom is 0.321 e. The molecule has 1 saturated heterocycles. The van der Waals surface area contributed by atoms with Crippen LogP contribution in [0.25, 0.3) is 0 Å². The molecule has 0 unspecified atom stereocenters. The number of benzene rings is 2. The fourth-order valence-electron chi connectivity index (χ4n) is 3.31. The van der Waals surface area contributed by atoms with Gasteiger partial charge in [0.1, 0.15) is 17.6 Å². The Bertz CT molecular complexity index is 1040. The van der Waals surface area contributed by atoms with E-state index in [9.17, 15) is 4.79 Å². The second kappa shape index (κ2) is 8.97. The van der Waals surface area contributed by atoms with Crippen molar-refractivity contribution in [3.63, 3.8) is 0 Å². The highest BCUT2D eigenvalue weighted by molar-refractivity contribution is 5.89. The molecule has 1 aliphatic rings. The highest BCUT2D eigenvalue weighted by Crippen LogP contribution is 2.26. The van der Waals surface area contributed by atoms with Crippen LogP contribution in [-0.4, -0.2) is 42.1 Å². The number of anilines is 2. The summed E-state index contributed by atoms with van der Waals surface area (Å²) in [4.78, 5) is 20.7. The van der Waals surface area contributed by atoms with Crippen LogP contribution in [0.2, 0.25) is 0 Å². The first kappa shape index (κ1) is 19.3. The zero-order valence-electron chi connectivity index (χ0n) is 16.4. The molecule has 0 aliphatic carbocycles. The highest BCUT2D eigenvalue weighted by Gasteiger charge is 2.21. The van der Waals surface area contributed by atoms with E-state index in [0.29, 0.717) is 35.8 Å². The number of pyridine rings is 1. The summed E-state index contributed by atoms with van der Waals surface area (Å²) in [5.74, 6) is 1.10. The van der Waals surface area contributed by atoms with E-state index in [0.717, 1.165) is 18.8 Å². The number of amides is 2. The second-order valence-electron chi connectivity index (χ2n) is 6.84. The van der Waals surface area contributed by atoms with Crippen LogP contribution in [0.3, 0.4) is 0 Å². The Labute approximate surface area is 175 Å². The average Bonchev–Trinajstić information content (AvgIpc) is 2.81. The van der Waals surface area contributed by atoms with Crippen LogP contribution in [-0.2, 0) is 0 Å². The Kier molecular flexibility index (Phi) is 5.76. The summed E-state index contributed by atoms with van der Waals surface area (Å²) in [6.45, 7) is 2.87. The molecule has 1 aromatic heterocycles. The van der Waals surface area contributed by atoms with E-state index in [-0.39, 0.29) is 6.03 Å². The number of rotatable bonds is 4. The van der Waals surface area contributed by atoms with E-state index < -0.39 is 0 Å². The molecule has 30 heavy (non-hydrogen) atoms. The third-order valence-electron chi connectivity index (χ3n) is 4.94. The fraction of sp³-hybridized carbons (Fsp3) is 0.174. The summed E-state index contributed by atoms with van der Waals surface area (Å²) in [6, 6.07) is 20.1. The minimum atomic E-state index is -0.118. The molecule has 0 bridgehead atoms. The number of carbonyl (C=O) groups excluding carboxylic acids is 1. The first-order chi connectivity index (χ1) is 14.7. The Balaban J connectivity index is 1.31. The van der Waals surface area contributed by atoms with Crippen LogP contribution < -0.4 is 15.0 Å². The molecule has 2 aromatic carbocycles. The maximum absolute atomic E-state index is 12.6. The Morgan fingerprint density at radius 1 is 0.967 bits per heavy atom. The van der Waals surface area contributed by atoms with Gasteiger partial charge in [0.25, 0.3) is 0 Å². The third-order valence-corrected chi connectivity index (χ3v) is 4.94. The monoisotopic (exact) mass is 399 g/mol. The summed E-state index contributed by atoms with van der Waals surface area (Å²) in [6.07, 6.45) is 3.56. The number of hydrogen-bond acceptors (Lipinski definition) is 5. The van der Waals surface area contributed by atoms with Gasteiger partial charge in [0, 0.05) is 49.9 Å². The van der Waals surface area contributed by atoms with Gasteiger partial charge in [0.15, 0.2) is 0 Å². The van der Waals surface area contributed by atoms with Crippen molar-refractivity contribution >= 4 is 17.4 Å². The number of hydrogen-bond donors (Lipinski definition) is 1. The number of ether oxygens (including phenoxy) is 1. The lowest BCUT2D eigenvalue weighted by Crippen LogP contribution is -2.50. The van der Waals surface area contributed by atoms with E-state index in [4.69, 9.17) is 10.00 Å². The van der Waals surface area contributed by atoms with Crippen molar-refractivity contribution in [1.82, 2.24) is 9.88 Å². The van der Waals surface area contributed by atoms with Gasteiger partial charge in [0.2, 0.25) is 0 Å². The van der Waals surface area contributed by atoms with E-state index >= 15 is 0 Å². The van der Waals surface area contributed by atoms with Gasteiger partial charge in [-0.15, -0.1) is 0 Å². The summed E-state index contributed by atoms with van der Waals surface area (Å²) < 4.78 is 5.77. The molecule has 1 N–H and O–H groups in total. The van der Waals surface area contributed by atoms with Crippen molar-refractivity contribution in [2.45, 2.75) is 0 Å².